The highest BCUT2D eigenvalue weighted by atomic mass is 16.2. The maximum absolute atomic E-state index is 11.9. The maximum atomic E-state index is 11.9. The topological polar surface area (TPSA) is 49.4 Å². The van der Waals surface area contributed by atoms with Crippen molar-refractivity contribution in [3.8, 4) is 0 Å². The van der Waals surface area contributed by atoms with Crippen LogP contribution in [-0.4, -0.2) is 29.4 Å². The van der Waals surface area contributed by atoms with Crippen LogP contribution in [0.3, 0.4) is 0 Å². The van der Waals surface area contributed by atoms with Crippen LogP contribution >= 0.6 is 0 Å². The minimum absolute atomic E-state index is 0.131. The third-order valence-electron chi connectivity index (χ3n) is 4.27. The lowest BCUT2D eigenvalue weighted by atomic mass is 9.78. The fourth-order valence-corrected chi connectivity index (χ4v) is 3.07. The molecule has 15 heavy (non-hydrogen) atoms. The molecule has 1 aliphatic carbocycles. The van der Waals surface area contributed by atoms with Crippen molar-refractivity contribution in [1.29, 1.82) is 0 Å². The Morgan fingerprint density at radius 3 is 2.47 bits per heavy atom. The van der Waals surface area contributed by atoms with Gasteiger partial charge < -0.3 is 4.90 Å². The summed E-state index contributed by atoms with van der Waals surface area (Å²) in [4.78, 5) is 24.9. The Balaban J connectivity index is 2.32. The van der Waals surface area contributed by atoms with Crippen LogP contribution in [0.5, 0.6) is 0 Å². The van der Waals surface area contributed by atoms with Crippen molar-refractivity contribution < 1.29 is 9.59 Å². The molecule has 0 radical (unpaired) electrons. The van der Waals surface area contributed by atoms with Crippen LogP contribution in [0.15, 0.2) is 0 Å². The fraction of sp³-hybridized carbons (Fsp3) is 0.818. The first-order valence-electron chi connectivity index (χ1n) is 5.57. The molecule has 4 heteroatoms. The molecule has 2 rings (SSSR count). The molecule has 1 saturated heterocycles. The molecule has 0 spiro atoms. The van der Waals surface area contributed by atoms with Crippen LogP contribution in [0.1, 0.15) is 33.1 Å². The van der Waals surface area contributed by atoms with Crippen molar-refractivity contribution in [3.63, 3.8) is 0 Å². The smallest absolute Gasteiger partial charge is 0.313 e. The van der Waals surface area contributed by atoms with Crippen LogP contribution in [-0.2, 0) is 4.79 Å². The van der Waals surface area contributed by atoms with Gasteiger partial charge in [0.05, 0.1) is 0 Å². The average molecular weight is 210 g/mol. The molecule has 1 heterocycles. The Bertz CT molecular complexity index is 316. The summed E-state index contributed by atoms with van der Waals surface area (Å²) in [5.41, 5.74) is -0.632. The van der Waals surface area contributed by atoms with E-state index in [1.807, 2.05) is 6.92 Å². The normalized spacial score (nSPS) is 41.1. The molecular formula is C11H18N2O2. The molecule has 3 amide bonds. The Morgan fingerprint density at radius 2 is 2.07 bits per heavy atom. The molecule has 1 aliphatic heterocycles. The zero-order chi connectivity index (χ0) is 11.2. The summed E-state index contributed by atoms with van der Waals surface area (Å²) < 4.78 is 0. The van der Waals surface area contributed by atoms with Crippen LogP contribution in [0.25, 0.3) is 0 Å². The van der Waals surface area contributed by atoms with Gasteiger partial charge in [-0.1, -0.05) is 19.8 Å². The van der Waals surface area contributed by atoms with Crippen LogP contribution in [0.2, 0.25) is 0 Å². The first kappa shape index (κ1) is 10.5. The van der Waals surface area contributed by atoms with E-state index >= 15 is 0 Å². The van der Waals surface area contributed by atoms with Gasteiger partial charge in [-0.25, -0.2) is 4.79 Å². The quantitative estimate of drug-likeness (QED) is 0.664. The number of carbonyl (C=O) groups excluding carboxylic acids is 2. The number of hydrogen-bond donors (Lipinski definition) is 1. The van der Waals surface area contributed by atoms with Gasteiger partial charge >= 0.3 is 6.03 Å². The molecule has 0 bridgehead atoms. The molecule has 0 aromatic carbocycles. The molecule has 84 valence electrons. The van der Waals surface area contributed by atoms with Gasteiger partial charge in [0.1, 0.15) is 5.54 Å². The summed E-state index contributed by atoms with van der Waals surface area (Å²) in [6.45, 7) is 4.06. The number of hydrogen-bond acceptors (Lipinski definition) is 2. The van der Waals surface area contributed by atoms with Gasteiger partial charge in [0.15, 0.2) is 0 Å². The Labute approximate surface area is 90.0 Å². The van der Waals surface area contributed by atoms with Crippen molar-refractivity contribution in [2.24, 2.45) is 11.8 Å². The predicted octanol–water partition coefficient (Wildman–Crippen LogP) is 1.36. The largest absolute Gasteiger partial charge is 0.324 e. The van der Waals surface area contributed by atoms with E-state index in [1.165, 1.54) is 0 Å². The zero-order valence-electron chi connectivity index (χ0n) is 9.54. The number of imide groups is 1. The maximum Gasteiger partial charge on any atom is 0.324 e. The van der Waals surface area contributed by atoms with E-state index in [2.05, 4.69) is 12.2 Å². The van der Waals surface area contributed by atoms with E-state index in [-0.39, 0.29) is 11.9 Å². The van der Waals surface area contributed by atoms with E-state index in [9.17, 15) is 9.59 Å². The molecule has 0 aromatic heterocycles. The third kappa shape index (κ3) is 1.27. The van der Waals surface area contributed by atoms with Crippen molar-refractivity contribution in [3.05, 3.63) is 0 Å². The number of amides is 3. The monoisotopic (exact) mass is 210 g/mol. The molecule has 1 N–H and O–H groups in total. The lowest BCUT2D eigenvalue weighted by Gasteiger charge is -2.36. The number of nitrogens with one attached hydrogen (secondary N) is 1. The number of carbonyl (C=O) groups is 2. The van der Waals surface area contributed by atoms with E-state index < -0.39 is 5.54 Å². The predicted molar refractivity (Wildman–Crippen MR) is 56.2 cm³/mol. The summed E-state index contributed by atoms with van der Waals surface area (Å²) in [6.07, 6.45) is 3.37. The third-order valence-corrected chi connectivity index (χ3v) is 4.27. The van der Waals surface area contributed by atoms with Gasteiger partial charge in [-0.15, -0.1) is 0 Å². The van der Waals surface area contributed by atoms with Crippen molar-refractivity contribution in [1.82, 2.24) is 10.2 Å². The summed E-state index contributed by atoms with van der Waals surface area (Å²) >= 11 is 0. The number of likely N-dealkylation sites (N-methyl/N-ethyl adjacent to an activating group) is 1. The summed E-state index contributed by atoms with van der Waals surface area (Å²) in [5.74, 6) is 0.691. The zero-order valence-corrected chi connectivity index (χ0v) is 9.54. The molecule has 1 saturated carbocycles. The lowest BCUT2D eigenvalue weighted by molar-refractivity contribution is -0.128. The van der Waals surface area contributed by atoms with Crippen LogP contribution < -0.4 is 5.32 Å². The second kappa shape index (κ2) is 3.22. The Kier molecular flexibility index (Phi) is 2.24. The number of nitrogens with zero attached hydrogens (tertiary/aromatic N) is 1. The van der Waals surface area contributed by atoms with E-state index in [0.29, 0.717) is 11.8 Å². The lowest BCUT2D eigenvalue weighted by Crippen LogP contribution is -2.52. The summed E-state index contributed by atoms with van der Waals surface area (Å²) in [5, 5.41) is 2.40. The van der Waals surface area contributed by atoms with E-state index in [1.54, 1.807) is 11.9 Å². The van der Waals surface area contributed by atoms with Crippen molar-refractivity contribution in [2.75, 3.05) is 7.05 Å². The minimum Gasteiger partial charge on any atom is -0.313 e. The fourth-order valence-electron chi connectivity index (χ4n) is 3.07. The van der Waals surface area contributed by atoms with E-state index in [0.717, 1.165) is 19.3 Å². The van der Waals surface area contributed by atoms with Crippen molar-refractivity contribution in [2.45, 2.75) is 38.6 Å². The highest BCUT2D eigenvalue weighted by Gasteiger charge is 2.54. The first-order valence-corrected chi connectivity index (χ1v) is 5.57. The van der Waals surface area contributed by atoms with Crippen LogP contribution in [0, 0.1) is 11.8 Å². The Hall–Kier alpha value is -1.06. The molecule has 2 aliphatic rings. The summed E-state index contributed by atoms with van der Waals surface area (Å²) in [6, 6.07) is -0.262. The van der Waals surface area contributed by atoms with Crippen molar-refractivity contribution >= 4 is 11.9 Å². The minimum atomic E-state index is -0.632. The van der Waals surface area contributed by atoms with Gasteiger partial charge in [0, 0.05) is 7.05 Å². The van der Waals surface area contributed by atoms with E-state index in [4.69, 9.17) is 0 Å². The van der Waals surface area contributed by atoms with Gasteiger partial charge in [-0.05, 0) is 25.2 Å². The average Bonchev–Trinajstić information content (AvgIpc) is 2.68. The molecule has 0 aromatic rings. The Morgan fingerprint density at radius 1 is 1.40 bits per heavy atom. The van der Waals surface area contributed by atoms with Gasteiger partial charge in [0.2, 0.25) is 0 Å². The first-order chi connectivity index (χ1) is 6.98. The SMILES string of the molecule is CC1CCCC1C1(C)C(=O)NC(=O)N1C. The molecular weight excluding hydrogens is 192 g/mol. The molecule has 3 unspecified atom stereocenters. The van der Waals surface area contributed by atoms with Gasteiger partial charge in [0.25, 0.3) is 5.91 Å². The standard InChI is InChI=1S/C11H18N2O2/c1-7-5-4-6-8(7)11(2)9(14)12-10(15)13(11)3/h7-8H,4-6H2,1-3H3,(H,12,14,15). The summed E-state index contributed by atoms with van der Waals surface area (Å²) in [7, 11) is 1.71. The van der Waals surface area contributed by atoms with Crippen LogP contribution in [0.4, 0.5) is 4.79 Å². The number of rotatable bonds is 1. The van der Waals surface area contributed by atoms with Gasteiger partial charge in [-0.3, -0.25) is 10.1 Å². The second-order valence-electron chi connectivity index (χ2n) is 4.98. The second-order valence-corrected chi connectivity index (χ2v) is 4.98. The van der Waals surface area contributed by atoms with Gasteiger partial charge in [-0.2, -0.15) is 0 Å². The molecule has 3 atom stereocenters. The molecule has 2 fully saturated rings. The number of urea groups is 1. The highest BCUT2D eigenvalue weighted by Crippen LogP contribution is 2.42. The molecule has 4 nitrogen and oxygen atoms in total. The highest BCUT2D eigenvalue weighted by molar-refractivity contribution is 6.06.